The lowest BCUT2D eigenvalue weighted by Crippen LogP contribution is -2.23. The van der Waals surface area contributed by atoms with Crippen LogP contribution in [-0.4, -0.2) is 44.1 Å². The molecule has 1 fully saturated rings. The molecule has 0 spiro atoms. The number of hydrogen-bond acceptors (Lipinski definition) is 4. The number of hydrogen-bond donors (Lipinski definition) is 0. The molecule has 54 valence electrons. The van der Waals surface area contributed by atoms with Crippen molar-refractivity contribution in [1.82, 2.24) is 10.1 Å². The first-order valence-corrected chi connectivity index (χ1v) is 2.95. The molecule has 4 heteroatoms. The first-order chi connectivity index (χ1) is 4.36. The molecule has 1 heterocycles. The van der Waals surface area contributed by atoms with Crippen molar-refractivity contribution < 1.29 is 9.68 Å². The van der Waals surface area contributed by atoms with E-state index >= 15 is 0 Å². The lowest BCUT2D eigenvalue weighted by molar-refractivity contribution is -0.179. The van der Waals surface area contributed by atoms with Gasteiger partial charge >= 0.3 is 0 Å². The molecule has 0 amide bonds. The van der Waals surface area contributed by atoms with Crippen LogP contribution in [0.2, 0.25) is 0 Å². The Morgan fingerprint density at radius 3 is 1.67 bits per heavy atom. The zero-order valence-corrected chi connectivity index (χ0v) is 5.83. The van der Waals surface area contributed by atoms with Crippen molar-refractivity contribution in [1.29, 1.82) is 0 Å². The lowest BCUT2D eigenvalue weighted by Gasteiger charge is -2.12. The number of hydroxylamine groups is 4. The SMILES string of the molecule is CON1CCN(OC)C1. The Labute approximate surface area is 54.8 Å². The van der Waals surface area contributed by atoms with E-state index in [0.29, 0.717) is 0 Å². The molecule has 0 N–H and O–H groups in total. The third-order valence-corrected chi connectivity index (χ3v) is 1.43. The minimum atomic E-state index is 0.743. The molecular weight excluding hydrogens is 120 g/mol. The predicted octanol–water partition coefficient (Wildman–Crippen LogP) is -0.316. The molecule has 0 aromatic carbocycles. The minimum Gasteiger partial charge on any atom is -0.301 e. The van der Waals surface area contributed by atoms with E-state index in [1.54, 1.807) is 14.2 Å². The average molecular weight is 132 g/mol. The number of nitrogens with zero attached hydrogens (tertiary/aromatic N) is 2. The van der Waals surface area contributed by atoms with Gasteiger partial charge in [-0.15, -0.1) is 0 Å². The fourth-order valence-corrected chi connectivity index (χ4v) is 0.838. The molecule has 0 radical (unpaired) electrons. The van der Waals surface area contributed by atoms with Crippen LogP contribution in [-0.2, 0) is 9.68 Å². The second kappa shape index (κ2) is 3.12. The molecule has 0 atom stereocenters. The molecule has 0 aromatic heterocycles. The molecule has 0 saturated carbocycles. The van der Waals surface area contributed by atoms with E-state index in [2.05, 4.69) is 0 Å². The molecular formula is C5H12N2O2. The smallest absolute Gasteiger partial charge is 0.100 e. The standard InChI is InChI=1S/C5H12N2O2/c1-8-6-3-4-7(5-6)9-2/h3-5H2,1-2H3. The van der Waals surface area contributed by atoms with Gasteiger partial charge in [0.2, 0.25) is 0 Å². The molecule has 9 heavy (non-hydrogen) atoms. The fraction of sp³-hybridized carbons (Fsp3) is 1.00. The second-order valence-electron chi connectivity index (χ2n) is 1.92. The number of rotatable bonds is 2. The molecule has 4 nitrogen and oxygen atoms in total. The Kier molecular flexibility index (Phi) is 2.41. The van der Waals surface area contributed by atoms with E-state index in [1.165, 1.54) is 0 Å². The molecule has 1 aliphatic rings. The van der Waals surface area contributed by atoms with Gasteiger partial charge in [-0.25, -0.2) is 0 Å². The van der Waals surface area contributed by atoms with Crippen LogP contribution in [0.4, 0.5) is 0 Å². The van der Waals surface area contributed by atoms with Gasteiger partial charge in [0.1, 0.15) is 6.67 Å². The summed E-state index contributed by atoms with van der Waals surface area (Å²) >= 11 is 0. The fourth-order valence-electron chi connectivity index (χ4n) is 0.838. The first kappa shape index (κ1) is 6.95. The highest BCUT2D eigenvalue weighted by atomic mass is 16.7. The van der Waals surface area contributed by atoms with Crippen LogP contribution in [0.25, 0.3) is 0 Å². The Balaban J connectivity index is 2.20. The van der Waals surface area contributed by atoms with Crippen molar-refractivity contribution in [3.05, 3.63) is 0 Å². The summed E-state index contributed by atoms with van der Waals surface area (Å²) in [5.41, 5.74) is 0. The lowest BCUT2D eigenvalue weighted by atomic mass is 10.7. The monoisotopic (exact) mass is 132 g/mol. The Bertz CT molecular complexity index is 79.0. The first-order valence-electron chi connectivity index (χ1n) is 2.95. The average Bonchev–Trinajstić information content (AvgIpc) is 2.34. The van der Waals surface area contributed by atoms with Gasteiger partial charge in [-0.1, -0.05) is 0 Å². The largest absolute Gasteiger partial charge is 0.301 e. The van der Waals surface area contributed by atoms with E-state index in [1.807, 2.05) is 10.1 Å². The van der Waals surface area contributed by atoms with Crippen molar-refractivity contribution in [3.63, 3.8) is 0 Å². The van der Waals surface area contributed by atoms with Gasteiger partial charge in [0.15, 0.2) is 0 Å². The second-order valence-corrected chi connectivity index (χ2v) is 1.92. The Morgan fingerprint density at radius 2 is 1.44 bits per heavy atom. The summed E-state index contributed by atoms with van der Waals surface area (Å²) in [7, 11) is 3.33. The predicted molar refractivity (Wildman–Crippen MR) is 32.3 cm³/mol. The third-order valence-electron chi connectivity index (χ3n) is 1.43. The summed E-state index contributed by atoms with van der Waals surface area (Å²) in [6.45, 7) is 2.58. The van der Waals surface area contributed by atoms with Crippen molar-refractivity contribution >= 4 is 0 Å². The maximum Gasteiger partial charge on any atom is 0.100 e. The summed E-state index contributed by atoms with van der Waals surface area (Å²) < 4.78 is 0. The summed E-state index contributed by atoms with van der Waals surface area (Å²) in [5.74, 6) is 0. The van der Waals surface area contributed by atoms with E-state index in [4.69, 9.17) is 9.68 Å². The van der Waals surface area contributed by atoms with Crippen molar-refractivity contribution in [3.8, 4) is 0 Å². The highest BCUT2D eigenvalue weighted by Gasteiger charge is 2.18. The molecule has 0 aliphatic carbocycles. The van der Waals surface area contributed by atoms with Crippen LogP contribution in [0, 0.1) is 0 Å². The van der Waals surface area contributed by atoms with E-state index < -0.39 is 0 Å². The highest BCUT2D eigenvalue weighted by Crippen LogP contribution is 2.02. The van der Waals surface area contributed by atoms with Gasteiger partial charge in [0, 0.05) is 13.1 Å². The van der Waals surface area contributed by atoms with Crippen molar-refractivity contribution in [2.24, 2.45) is 0 Å². The molecule has 0 aromatic rings. The van der Waals surface area contributed by atoms with Crippen LogP contribution >= 0.6 is 0 Å². The van der Waals surface area contributed by atoms with Gasteiger partial charge < -0.3 is 9.68 Å². The van der Waals surface area contributed by atoms with Gasteiger partial charge in [0.25, 0.3) is 0 Å². The van der Waals surface area contributed by atoms with Crippen LogP contribution in [0.3, 0.4) is 0 Å². The summed E-state index contributed by atoms with van der Waals surface area (Å²) in [5, 5.41) is 3.67. The van der Waals surface area contributed by atoms with Gasteiger partial charge in [0.05, 0.1) is 14.2 Å². The quantitative estimate of drug-likeness (QED) is 0.514. The van der Waals surface area contributed by atoms with E-state index in [0.717, 1.165) is 19.8 Å². The summed E-state index contributed by atoms with van der Waals surface area (Å²) in [4.78, 5) is 9.91. The maximum atomic E-state index is 4.95. The van der Waals surface area contributed by atoms with Crippen LogP contribution in [0.5, 0.6) is 0 Å². The third kappa shape index (κ3) is 1.62. The van der Waals surface area contributed by atoms with Crippen LogP contribution in [0.1, 0.15) is 0 Å². The molecule has 0 unspecified atom stereocenters. The van der Waals surface area contributed by atoms with Crippen LogP contribution < -0.4 is 0 Å². The van der Waals surface area contributed by atoms with Gasteiger partial charge in [-0.05, 0) is 0 Å². The zero-order chi connectivity index (χ0) is 6.69. The topological polar surface area (TPSA) is 24.9 Å². The molecule has 1 saturated heterocycles. The maximum absolute atomic E-state index is 4.95. The van der Waals surface area contributed by atoms with E-state index in [-0.39, 0.29) is 0 Å². The van der Waals surface area contributed by atoms with E-state index in [9.17, 15) is 0 Å². The molecule has 0 bridgehead atoms. The summed E-state index contributed by atoms with van der Waals surface area (Å²) in [6, 6.07) is 0. The highest BCUT2D eigenvalue weighted by molar-refractivity contribution is 4.55. The zero-order valence-electron chi connectivity index (χ0n) is 5.83. The van der Waals surface area contributed by atoms with Crippen molar-refractivity contribution in [2.45, 2.75) is 0 Å². The minimum absolute atomic E-state index is 0.743. The van der Waals surface area contributed by atoms with Gasteiger partial charge in [-0.2, -0.15) is 10.1 Å². The summed E-state index contributed by atoms with van der Waals surface area (Å²) in [6.07, 6.45) is 0. The Morgan fingerprint density at radius 1 is 1.00 bits per heavy atom. The van der Waals surface area contributed by atoms with Gasteiger partial charge in [-0.3, -0.25) is 0 Å². The van der Waals surface area contributed by atoms with Crippen molar-refractivity contribution in [2.75, 3.05) is 34.0 Å². The Hall–Kier alpha value is -0.160. The molecule has 1 rings (SSSR count). The normalized spacial score (nSPS) is 23.3. The molecule has 1 aliphatic heterocycles. The van der Waals surface area contributed by atoms with Crippen LogP contribution in [0.15, 0.2) is 0 Å².